The van der Waals surface area contributed by atoms with Crippen LogP contribution in [0.4, 0.5) is 11.5 Å². The number of nitrogens with one attached hydrogen (secondary N) is 1. The number of hydrogen-bond donors (Lipinski definition) is 1. The molecule has 0 spiro atoms. The molecule has 0 bridgehead atoms. The molecule has 0 aliphatic carbocycles. The van der Waals surface area contributed by atoms with Crippen LogP contribution in [-0.4, -0.2) is 9.97 Å². The lowest BCUT2D eigenvalue weighted by molar-refractivity contribution is 0.934. The molecule has 1 N–H and O–H groups in total. The molecule has 1 heterocycles. The highest BCUT2D eigenvalue weighted by Crippen LogP contribution is 2.29. The van der Waals surface area contributed by atoms with E-state index >= 15 is 0 Å². The zero-order valence-corrected chi connectivity index (χ0v) is 15.0. The van der Waals surface area contributed by atoms with Crippen molar-refractivity contribution in [3.8, 4) is 0 Å². The lowest BCUT2D eigenvalue weighted by Crippen LogP contribution is -2.03. The molecule has 0 aliphatic heterocycles. The van der Waals surface area contributed by atoms with Gasteiger partial charge in [0, 0.05) is 20.0 Å². The molecule has 0 radical (unpaired) electrons. The first-order chi connectivity index (χ1) is 9.01. The summed E-state index contributed by atoms with van der Waals surface area (Å²) in [5, 5.41) is 3.79. The molecular formula is C13H12BrClIN3. The molecule has 1 aromatic carbocycles. The number of aromatic nitrogens is 2. The third-order valence-electron chi connectivity index (χ3n) is 2.63. The highest BCUT2D eigenvalue weighted by atomic mass is 127. The van der Waals surface area contributed by atoms with Gasteiger partial charge in [0.05, 0.1) is 5.69 Å². The van der Waals surface area contributed by atoms with Crippen LogP contribution in [0.3, 0.4) is 0 Å². The summed E-state index contributed by atoms with van der Waals surface area (Å²) in [4.78, 5) is 8.71. The van der Waals surface area contributed by atoms with Crippen molar-refractivity contribution in [2.75, 3.05) is 5.32 Å². The van der Waals surface area contributed by atoms with Gasteiger partial charge in [0.15, 0.2) is 0 Å². The molecule has 0 amide bonds. The fraction of sp³-hybridized carbons (Fsp3) is 0.231. The van der Waals surface area contributed by atoms with Gasteiger partial charge in [-0.1, -0.05) is 18.5 Å². The van der Waals surface area contributed by atoms with Gasteiger partial charge in [-0.15, -0.1) is 0 Å². The van der Waals surface area contributed by atoms with E-state index in [1.165, 1.54) is 3.57 Å². The van der Waals surface area contributed by atoms with Crippen molar-refractivity contribution >= 4 is 61.6 Å². The maximum atomic E-state index is 6.12. The van der Waals surface area contributed by atoms with Gasteiger partial charge >= 0.3 is 0 Å². The van der Waals surface area contributed by atoms with Gasteiger partial charge in [-0.3, -0.25) is 0 Å². The number of anilines is 2. The van der Waals surface area contributed by atoms with Gasteiger partial charge in [0.25, 0.3) is 0 Å². The first-order valence-corrected chi connectivity index (χ1v) is 8.01. The average Bonchev–Trinajstić information content (AvgIpc) is 2.37. The molecule has 0 unspecified atom stereocenters. The van der Waals surface area contributed by atoms with E-state index in [4.69, 9.17) is 11.6 Å². The third-order valence-corrected chi connectivity index (χ3v) is 4.33. The van der Waals surface area contributed by atoms with E-state index in [0.29, 0.717) is 5.15 Å². The van der Waals surface area contributed by atoms with Crippen LogP contribution in [0.15, 0.2) is 22.7 Å². The van der Waals surface area contributed by atoms with Gasteiger partial charge in [-0.2, -0.15) is 0 Å². The normalized spacial score (nSPS) is 10.6. The van der Waals surface area contributed by atoms with Crippen molar-refractivity contribution < 1.29 is 0 Å². The molecule has 2 rings (SSSR count). The Morgan fingerprint density at radius 2 is 2.11 bits per heavy atom. The Hall–Kier alpha value is -0.400. The Labute approximate surface area is 139 Å². The predicted octanol–water partition coefficient (Wildman–Crippen LogP) is 5.11. The number of rotatable bonds is 3. The van der Waals surface area contributed by atoms with Gasteiger partial charge < -0.3 is 5.32 Å². The second kappa shape index (κ2) is 6.37. The Morgan fingerprint density at radius 1 is 1.37 bits per heavy atom. The van der Waals surface area contributed by atoms with Crippen LogP contribution in [-0.2, 0) is 6.42 Å². The van der Waals surface area contributed by atoms with Crippen LogP contribution >= 0.6 is 50.1 Å². The third kappa shape index (κ3) is 3.58. The van der Waals surface area contributed by atoms with E-state index in [9.17, 15) is 0 Å². The molecule has 0 saturated carbocycles. The molecule has 0 aliphatic rings. The standard InChI is InChI=1S/C13H12BrClIN3/c1-3-11-18-12(15)7(2)13(19-11)17-10-5-4-8(16)6-9(10)14/h4-6H,3H2,1-2H3,(H,17,18,19). The summed E-state index contributed by atoms with van der Waals surface area (Å²) in [6, 6.07) is 6.08. The summed E-state index contributed by atoms with van der Waals surface area (Å²) in [6.45, 7) is 3.91. The van der Waals surface area contributed by atoms with Gasteiger partial charge in [0.1, 0.15) is 16.8 Å². The molecular weight excluding hydrogens is 440 g/mol. The molecule has 100 valence electrons. The van der Waals surface area contributed by atoms with Crippen molar-refractivity contribution in [3.05, 3.63) is 42.8 Å². The van der Waals surface area contributed by atoms with Crippen LogP contribution < -0.4 is 5.32 Å². The largest absolute Gasteiger partial charge is 0.339 e. The minimum absolute atomic E-state index is 0.496. The summed E-state index contributed by atoms with van der Waals surface area (Å²) in [5.41, 5.74) is 1.81. The summed E-state index contributed by atoms with van der Waals surface area (Å²) >= 11 is 11.9. The maximum absolute atomic E-state index is 6.12. The van der Waals surface area contributed by atoms with Crippen molar-refractivity contribution in [2.24, 2.45) is 0 Å². The van der Waals surface area contributed by atoms with E-state index in [1.807, 2.05) is 32.0 Å². The van der Waals surface area contributed by atoms with E-state index < -0.39 is 0 Å². The molecule has 0 saturated heterocycles. The number of aryl methyl sites for hydroxylation is 1. The molecule has 0 fully saturated rings. The quantitative estimate of drug-likeness (QED) is 0.520. The summed E-state index contributed by atoms with van der Waals surface area (Å²) < 4.78 is 2.16. The highest BCUT2D eigenvalue weighted by Gasteiger charge is 2.10. The first kappa shape index (κ1) is 15.0. The second-order valence-electron chi connectivity index (χ2n) is 4.01. The van der Waals surface area contributed by atoms with Crippen LogP contribution in [0.5, 0.6) is 0 Å². The predicted molar refractivity (Wildman–Crippen MR) is 91.3 cm³/mol. The zero-order chi connectivity index (χ0) is 14.0. The van der Waals surface area contributed by atoms with Crippen molar-refractivity contribution in [2.45, 2.75) is 20.3 Å². The van der Waals surface area contributed by atoms with Crippen LogP contribution in [0, 0.1) is 10.5 Å². The van der Waals surface area contributed by atoms with Gasteiger partial charge in [0.2, 0.25) is 0 Å². The van der Waals surface area contributed by atoms with E-state index in [1.54, 1.807) is 0 Å². The van der Waals surface area contributed by atoms with Gasteiger partial charge in [-0.25, -0.2) is 9.97 Å². The van der Waals surface area contributed by atoms with E-state index in [2.05, 4.69) is 53.8 Å². The summed E-state index contributed by atoms with van der Waals surface area (Å²) in [5.74, 6) is 1.48. The van der Waals surface area contributed by atoms with Crippen LogP contribution in [0.2, 0.25) is 5.15 Å². The summed E-state index contributed by atoms with van der Waals surface area (Å²) in [7, 11) is 0. The van der Waals surface area contributed by atoms with Crippen molar-refractivity contribution in [3.63, 3.8) is 0 Å². The lowest BCUT2D eigenvalue weighted by atomic mass is 10.3. The second-order valence-corrected chi connectivity index (χ2v) is 6.46. The molecule has 6 heteroatoms. The van der Waals surface area contributed by atoms with Crippen molar-refractivity contribution in [1.29, 1.82) is 0 Å². The highest BCUT2D eigenvalue weighted by molar-refractivity contribution is 14.1. The Bertz CT molecular complexity index is 619. The minimum atomic E-state index is 0.496. The molecule has 2 aromatic rings. The molecule has 3 nitrogen and oxygen atoms in total. The number of hydrogen-bond acceptors (Lipinski definition) is 3. The first-order valence-electron chi connectivity index (χ1n) is 5.76. The fourth-order valence-electron chi connectivity index (χ4n) is 1.53. The SMILES string of the molecule is CCc1nc(Cl)c(C)c(Nc2ccc(I)cc2Br)n1. The van der Waals surface area contributed by atoms with Crippen LogP contribution in [0.25, 0.3) is 0 Å². The topological polar surface area (TPSA) is 37.8 Å². The van der Waals surface area contributed by atoms with E-state index in [-0.39, 0.29) is 0 Å². The van der Waals surface area contributed by atoms with Crippen molar-refractivity contribution in [1.82, 2.24) is 9.97 Å². The maximum Gasteiger partial charge on any atom is 0.138 e. The lowest BCUT2D eigenvalue weighted by Gasteiger charge is -2.12. The van der Waals surface area contributed by atoms with Gasteiger partial charge in [-0.05, 0) is 63.6 Å². The Morgan fingerprint density at radius 3 is 2.74 bits per heavy atom. The minimum Gasteiger partial charge on any atom is -0.339 e. The molecule has 1 aromatic heterocycles. The Kier molecular flexibility index (Phi) is 5.03. The zero-order valence-electron chi connectivity index (χ0n) is 10.5. The monoisotopic (exact) mass is 451 g/mol. The Balaban J connectivity index is 2.40. The average molecular weight is 453 g/mol. The van der Waals surface area contributed by atoms with Crippen LogP contribution in [0.1, 0.15) is 18.3 Å². The number of nitrogens with zero attached hydrogens (tertiary/aromatic N) is 2. The summed E-state index contributed by atoms with van der Waals surface area (Å²) in [6.07, 6.45) is 0.753. The number of benzene rings is 1. The smallest absolute Gasteiger partial charge is 0.138 e. The fourth-order valence-corrected chi connectivity index (χ4v) is 3.12. The molecule has 19 heavy (non-hydrogen) atoms. The van der Waals surface area contributed by atoms with E-state index in [0.717, 1.165) is 33.8 Å². The molecule has 0 atom stereocenters. The number of halogens is 3.